The molecule has 1 N–H and O–H groups in total. The Kier molecular flexibility index (Phi) is 7.62. The van der Waals surface area contributed by atoms with Crippen LogP contribution in [0, 0.1) is 0 Å². The van der Waals surface area contributed by atoms with E-state index >= 15 is 0 Å². The lowest BCUT2D eigenvalue weighted by Gasteiger charge is -2.24. The Morgan fingerprint density at radius 2 is 1.66 bits per heavy atom. The summed E-state index contributed by atoms with van der Waals surface area (Å²) in [5.41, 5.74) is 3.80. The molecule has 0 atom stereocenters. The van der Waals surface area contributed by atoms with Crippen molar-refractivity contribution in [1.82, 2.24) is 10.2 Å². The first-order chi connectivity index (χ1) is 15.0. The summed E-state index contributed by atoms with van der Waals surface area (Å²) in [6, 6.07) is 15.6. The minimum Gasteiger partial charge on any atom is -0.350 e. The Hall–Kier alpha value is -2.38. The summed E-state index contributed by atoms with van der Waals surface area (Å²) in [5.74, 6) is -0.333. The minimum atomic E-state index is -3.60. The van der Waals surface area contributed by atoms with Gasteiger partial charge in [-0.15, -0.1) is 0 Å². The summed E-state index contributed by atoms with van der Waals surface area (Å²) in [4.78, 5) is 15.0. The van der Waals surface area contributed by atoms with Crippen LogP contribution in [0.15, 0.2) is 48.5 Å². The second-order valence-corrected chi connectivity index (χ2v) is 11.6. The molecule has 0 radical (unpaired) electrons. The van der Waals surface area contributed by atoms with Gasteiger partial charge in [0.05, 0.1) is 11.9 Å². The third-order valence-corrected chi connectivity index (χ3v) is 6.94. The van der Waals surface area contributed by atoms with Crippen molar-refractivity contribution in [3.8, 4) is 0 Å². The summed E-state index contributed by atoms with van der Waals surface area (Å²) >= 11 is 0. The number of nitrogens with one attached hydrogen (secondary N) is 1. The minimum absolute atomic E-state index is 0.0326. The van der Waals surface area contributed by atoms with Crippen LogP contribution in [0.2, 0.25) is 0 Å². The van der Waals surface area contributed by atoms with Gasteiger partial charge in [0.15, 0.2) is 0 Å². The lowest BCUT2D eigenvalue weighted by Crippen LogP contribution is -2.40. The fraction of sp³-hybridized carbons (Fsp3) is 0.480. The van der Waals surface area contributed by atoms with Gasteiger partial charge in [0, 0.05) is 13.1 Å². The fourth-order valence-electron chi connectivity index (χ4n) is 3.95. The zero-order valence-electron chi connectivity index (χ0n) is 19.6. The number of amides is 1. The number of likely N-dealkylation sites (tertiary alicyclic amines) is 1. The van der Waals surface area contributed by atoms with Crippen LogP contribution in [0.5, 0.6) is 0 Å². The molecule has 1 heterocycles. The van der Waals surface area contributed by atoms with Crippen molar-refractivity contribution in [3.05, 3.63) is 65.2 Å². The number of rotatable bonds is 8. The summed E-state index contributed by atoms with van der Waals surface area (Å²) in [6.45, 7) is 9.62. The van der Waals surface area contributed by atoms with Crippen LogP contribution in [0.4, 0.5) is 5.69 Å². The smallest absolute Gasteiger partial charge is 0.241 e. The summed E-state index contributed by atoms with van der Waals surface area (Å²) in [5, 5.41) is 2.87. The second-order valence-electron chi connectivity index (χ2n) is 9.65. The predicted molar refractivity (Wildman–Crippen MR) is 130 cm³/mol. The number of hydrogen-bond acceptors (Lipinski definition) is 4. The third kappa shape index (κ3) is 6.81. The van der Waals surface area contributed by atoms with Crippen LogP contribution in [-0.2, 0) is 33.3 Å². The van der Waals surface area contributed by atoms with Gasteiger partial charge in [-0.1, -0.05) is 57.2 Å². The number of benzene rings is 2. The van der Waals surface area contributed by atoms with Gasteiger partial charge in [-0.3, -0.25) is 14.0 Å². The quantitative estimate of drug-likeness (QED) is 0.657. The van der Waals surface area contributed by atoms with Crippen molar-refractivity contribution in [2.24, 2.45) is 0 Å². The number of hydrogen-bond donors (Lipinski definition) is 1. The van der Waals surface area contributed by atoms with Crippen molar-refractivity contribution in [1.29, 1.82) is 0 Å². The Balaban J connectivity index is 1.62. The number of nitrogens with zero attached hydrogens (tertiary/aromatic N) is 2. The molecule has 1 fully saturated rings. The average Bonchev–Trinajstić information content (AvgIpc) is 3.22. The van der Waals surface area contributed by atoms with E-state index in [9.17, 15) is 13.2 Å². The standard InChI is InChI=1S/C25H35N3O3S/c1-25(2,3)22-10-12-23(13-11-22)28(32(4,30)31)19-24(29)26-17-20-8-7-9-21(16-20)18-27-14-5-6-15-27/h7-13,16H,5-6,14-15,17-19H2,1-4H3,(H,26,29). The number of carbonyl (C=O) groups excluding carboxylic acids is 1. The zero-order chi connectivity index (χ0) is 23.4. The maximum Gasteiger partial charge on any atom is 0.241 e. The van der Waals surface area contributed by atoms with E-state index in [0.717, 1.165) is 41.3 Å². The first-order valence-corrected chi connectivity index (χ1v) is 13.0. The highest BCUT2D eigenvalue weighted by Gasteiger charge is 2.22. The van der Waals surface area contributed by atoms with E-state index in [0.29, 0.717) is 12.2 Å². The highest BCUT2D eigenvalue weighted by Crippen LogP contribution is 2.26. The first-order valence-electron chi connectivity index (χ1n) is 11.2. The molecule has 174 valence electrons. The van der Waals surface area contributed by atoms with Crippen molar-refractivity contribution < 1.29 is 13.2 Å². The molecule has 2 aromatic rings. The van der Waals surface area contributed by atoms with Gasteiger partial charge in [-0.05, 0) is 60.2 Å². The van der Waals surface area contributed by atoms with Gasteiger partial charge < -0.3 is 5.32 Å². The predicted octanol–water partition coefficient (Wildman–Crippen LogP) is 3.66. The van der Waals surface area contributed by atoms with Crippen molar-refractivity contribution in [2.75, 3.05) is 30.2 Å². The molecule has 0 saturated carbocycles. The lowest BCUT2D eigenvalue weighted by molar-refractivity contribution is -0.119. The highest BCUT2D eigenvalue weighted by molar-refractivity contribution is 7.92. The average molecular weight is 458 g/mol. The normalized spacial score (nSPS) is 15.0. The zero-order valence-corrected chi connectivity index (χ0v) is 20.4. The Morgan fingerprint density at radius 3 is 2.25 bits per heavy atom. The monoisotopic (exact) mass is 457 g/mol. The molecule has 0 aliphatic carbocycles. The van der Waals surface area contributed by atoms with Crippen molar-refractivity contribution in [2.45, 2.75) is 52.1 Å². The Bertz CT molecular complexity index is 1020. The topological polar surface area (TPSA) is 69.7 Å². The van der Waals surface area contributed by atoms with Gasteiger partial charge in [0.1, 0.15) is 6.54 Å². The number of anilines is 1. The molecule has 32 heavy (non-hydrogen) atoms. The van der Waals surface area contributed by atoms with E-state index in [4.69, 9.17) is 0 Å². The second kappa shape index (κ2) is 10.0. The van der Waals surface area contributed by atoms with Crippen LogP contribution in [0.1, 0.15) is 50.3 Å². The molecule has 1 aliphatic rings. The van der Waals surface area contributed by atoms with Gasteiger partial charge in [0.2, 0.25) is 15.9 Å². The maximum absolute atomic E-state index is 12.6. The lowest BCUT2D eigenvalue weighted by atomic mass is 9.87. The van der Waals surface area contributed by atoms with Crippen LogP contribution in [-0.4, -0.2) is 45.1 Å². The molecule has 1 amide bonds. The molecule has 1 saturated heterocycles. The van der Waals surface area contributed by atoms with E-state index in [1.54, 1.807) is 12.1 Å². The van der Waals surface area contributed by atoms with Gasteiger partial charge in [-0.2, -0.15) is 0 Å². The molecule has 0 bridgehead atoms. The largest absolute Gasteiger partial charge is 0.350 e. The van der Waals surface area contributed by atoms with E-state index in [1.165, 1.54) is 18.4 Å². The van der Waals surface area contributed by atoms with Crippen LogP contribution >= 0.6 is 0 Å². The SMILES string of the molecule is CC(C)(C)c1ccc(N(CC(=O)NCc2cccc(CN3CCCC3)c2)S(C)(=O)=O)cc1. The molecule has 0 aromatic heterocycles. The number of sulfonamides is 1. The van der Waals surface area contributed by atoms with Gasteiger partial charge in [0.25, 0.3) is 0 Å². The van der Waals surface area contributed by atoms with Crippen molar-refractivity contribution in [3.63, 3.8) is 0 Å². The van der Waals surface area contributed by atoms with E-state index in [2.05, 4.69) is 43.1 Å². The molecule has 0 spiro atoms. The molecule has 0 unspecified atom stereocenters. The van der Waals surface area contributed by atoms with E-state index in [-0.39, 0.29) is 17.9 Å². The number of carbonyl (C=O) groups is 1. The Morgan fingerprint density at radius 1 is 1.03 bits per heavy atom. The molecular weight excluding hydrogens is 422 g/mol. The summed E-state index contributed by atoms with van der Waals surface area (Å²) in [6.07, 6.45) is 3.64. The summed E-state index contributed by atoms with van der Waals surface area (Å²) < 4.78 is 25.9. The van der Waals surface area contributed by atoms with Crippen LogP contribution in [0.25, 0.3) is 0 Å². The van der Waals surface area contributed by atoms with E-state index in [1.807, 2.05) is 24.3 Å². The fourth-order valence-corrected chi connectivity index (χ4v) is 4.81. The Labute approximate surface area is 192 Å². The third-order valence-electron chi connectivity index (χ3n) is 5.79. The summed E-state index contributed by atoms with van der Waals surface area (Å²) in [7, 11) is -3.60. The molecule has 1 aliphatic heterocycles. The maximum atomic E-state index is 12.6. The molecule has 7 heteroatoms. The highest BCUT2D eigenvalue weighted by atomic mass is 32.2. The molecular formula is C25H35N3O3S. The molecule has 6 nitrogen and oxygen atoms in total. The van der Waals surface area contributed by atoms with Gasteiger partial charge >= 0.3 is 0 Å². The first kappa shape index (κ1) is 24.3. The van der Waals surface area contributed by atoms with Crippen LogP contribution < -0.4 is 9.62 Å². The molecule has 3 rings (SSSR count). The van der Waals surface area contributed by atoms with Crippen LogP contribution in [0.3, 0.4) is 0 Å². The van der Waals surface area contributed by atoms with Crippen molar-refractivity contribution >= 4 is 21.6 Å². The van der Waals surface area contributed by atoms with Gasteiger partial charge in [-0.25, -0.2) is 8.42 Å². The van der Waals surface area contributed by atoms with E-state index < -0.39 is 10.0 Å². The molecule has 2 aromatic carbocycles.